The number of nitrogens with zero attached hydrogens (tertiary/aromatic N) is 3. The van der Waals surface area contributed by atoms with Gasteiger partial charge in [0.1, 0.15) is 17.5 Å². The van der Waals surface area contributed by atoms with E-state index in [2.05, 4.69) is 9.72 Å². The first-order valence-corrected chi connectivity index (χ1v) is 8.33. The second kappa shape index (κ2) is 7.08. The van der Waals surface area contributed by atoms with Crippen LogP contribution in [-0.2, 0) is 20.7 Å². The van der Waals surface area contributed by atoms with Gasteiger partial charge in [-0.15, -0.1) is 11.3 Å². The molecule has 2 rings (SSSR count). The number of esters is 1. The molecule has 2 amide bonds. The Labute approximate surface area is 139 Å². The third-order valence-corrected chi connectivity index (χ3v) is 4.89. The van der Waals surface area contributed by atoms with Gasteiger partial charge in [0.05, 0.1) is 17.8 Å². The molecule has 23 heavy (non-hydrogen) atoms. The summed E-state index contributed by atoms with van der Waals surface area (Å²) >= 11 is 1.36. The van der Waals surface area contributed by atoms with E-state index in [1.54, 1.807) is 11.8 Å². The Kier molecular flexibility index (Phi) is 5.35. The van der Waals surface area contributed by atoms with Gasteiger partial charge in [0.2, 0.25) is 5.91 Å². The second-order valence-corrected chi connectivity index (χ2v) is 6.58. The van der Waals surface area contributed by atoms with Crippen molar-refractivity contribution in [3.05, 3.63) is 15.6 Å². The highest BCUT2D eigenvalue weighted by atomic mass is 32.1. The lowest BCUT2D eigenvalue weighted by Crippen LogP contribution is -2.58. The van der Waals surface area contributed by atoms with E-state index in [0.717, 1.165) is 10.7 Å². The van der Waals surface area contributed by atoms with Crippen LogP contribution in [0.5, 0.6) is 0 Å². The van der Waals surface area contributed by atoms with Crippen molar-refractivity contribution in [3.63, 3.8) is 0 Å². The maximum atomic E-state index is 12.8. The minimum Gasteiger partial charge on any atom is -0.468 e. The highest BCUT2D eigenvalue weighted by molar-refractivity contribution is 7.13. The average Bonchev–Trinajstić information content (AvgIpc) is 2.92. The van der Waals surface area contributed by atoms with E-state index in [1.807, 2.05) is 13.8 Å². The van der Waals surface area contributed by atoms with Gasteiger partial charge in [-0.1, -0.05) is 6.92 Å². The average molecular weight is 339 g/mol. The molecule has 0 spiro atoms. The minimum absolute atomic E-state index is 0.0818. The number of carbonyl (C=O) groups is 3. The molecule has 1 saturated heterocycles. The summed E-state index contributed by atoms with van der Waals surface area (Å²) in [7, 11) is 1.29. The smallest absolute Gasteiger partial charge is 0.325 e. The van der Waals surface area contributed by atoms with Gasteiger partial charge < -0.3 is 14.5 Å². The molecule has 0 aliphatic carbocycles. The maximum absolute atomic E-state index is 12.8. The normalized spacial score (nSPS) is 18.3. The van der Waals surface area contributed by atoms with Crippen LogP contribution in [0.1, 0.15) is 34.2 Å². The molecular weight excluding hydrogens is 318 g/mol. The molecule has 0 bridgehead atoms. The topological polar surface area (TPSA) is 79.8 Å². The number of hydrogen-bond acceptors (Lipinski definition) is 6. The molecule has 0 aromatic carbocycles. The Bertz CT molecular complexity index is 628. The summed E-state index contributed by atoms with van der Waals surface area (Å²) in [4.78, 5) is 44.5. The van der Waals surface area contributed by atoms with Crippen LogP contribution in [0.4, 0.5) is 0 Å². The first-order valence-electron chi connectivity index (χ1n) is 7.51. The molecule has 8 heteroatoms. The zero-order valence-electron chi connectivity index (χ0n) is 13.8. The zero-order chi connectivity index (χ0) is 17.1. The summed E-state index contributed by atoms with van der Waals surface area (Å²) in [6.07, 6.45) is 0.677. The summed E-state index contributed by atoms with van der Waals surface area (Å²) in [5, 5.41) is 0.841. The van der Waals surface area contributed by atoms with Gasteiger partial charge in [-0.25, -0.2) is 4.98 Å². The summed E-state index contributed by atoms with van der Waals surface area (Å²) in [6.45, 7) is 6.13. The van der Waals surface area contributed by atoms with Gasteiger partial charge in [-0.05, 0) is 20.3 Å². The molecule has 1 aromatic rings. The molecule has 7 nitrogen and oxygen atoms in total. The molecule has 1 atom stereocenters. The molecule has 0 radical (unpaired) electrons. The van der Waals surface area contributed by atoms with Crippen LogP contribution in [0.3, 0.4) is 0 Å². The van der Waals surface area contributed by atoms with Gasteiger partial charge in [0.15, 0.2) is 0 Å². The van der Waals surface area contributed by atoms with Crippen LogP contribution in [0.15, 0.2) is 0 Å². The zero-order valence-corrected chi connectivity index (χ0v) is 14.6. The van der Waals surface area contributed by atoms with Crippen molar-refractivity contribution in [1.82, 2.24) is 14.8 Å². The molecule has 126 valence electrons. The summed E-state index contributed by atoms with van der Waals surface area (Å²) in [6, 6.07) is -0.604. The molecule has 1 aliphatic rings. The predicted octanol–water partition coefficient (Wildman–Crippen LogP) is 0.860. The van der Waals surface area contributed by atoms with E-state index in [9.17, 15) is 14.4 Å². The van der Waals surface area contributed by atoms with Gasteiger partial charge in [-0.3, -0.25) is 14.4 Å². The first-order chi connectivity index (χ1) is 10.9. The van der Waals surface area contributed by atoms with Gasteiger partial charge in [0.25, 0.3) is 5.91 Å². The van der Waals surface area contributed by atoms with E-state index in [0.29, 0.717) is 24.4 Å². The number of carbonyl (C=O) groups excluding carboxylic acids is 3. The Morgan fingerprint density at radius 1 is 1.39 bits per heavy atom. The fraction of sp³-hybridized carbons (Fsp3) is 0.600. The van der Waals surface area contributed by atoms with Crippen molar-refractivity contribution in [2.24, 2.45) is 0 Å². The third-order valence-electron chi connectivity index (χ3n) is 3.89. The van der Waals surface area contributed by atoms with E-state index in [1.165, 1.54) is 23.3 Å². The number of piperazine rings is 1. The Hall–Kier alpha value is -1.96. The van der Waals surface area contributed by atoms with E-state index < -0.39 is 12.0 Å². The van der Waals surface area contributed by atoms with Crippen LogP contribution in [0, 0.1) is 6.92 Å². The molecule has 0 saturated carbocycles. The molecular formula is C15H21N3O4S. The lowest BCUT2D eigenvalue weighted by atomic mass is 10.1. The van der Waals surface area contributed by atoms with Crippen molar-refractivity contribution in [2.75, 3.05) is 26.7 Å². The van der Waals surface area contributed by atoms with Gasteiger partial charge in [0, 0.05) is 13.1 Å². The molecule has 1 fully saturated rings. The highest BCUT2D eigenvalue weighted by Crippen LogP contribution is 2.23. The van der Waals surface area contributed by atoms with Crippen LogP contribution in [-0.4, -0.2) is 65.4 Å². The lowest BCUT2D eigenvalue weighted by Gasteiger charge is -2.38. The monoisotopic (exact) mass is 339 g/mol. The van der Waals surface area contributed by atoms with Gasteiger partial charge in [-0.2, -0.15) is 0 Å². The standard InChI is InChI=1S/C15H21N3O4S/c1-5-11-13(23-10(3)16-11)15(21)18-7-6-17(8-12(19)22-4)14(20)9(18)2/h9H,5-8H2,1-4H3/t9-/m1/s1. The summed E-state index contributed by atoms with van der Waals surface area (Å²) in [5.41, 5.74) is 0.772. The molecule has 2 heterocycles. The van der Waals surface area contributed by atoms with E-state index >= 15 is 0 Å². The Balaban J connectivity index is 2.14. The fourth-order valence-electron chi connectivity index (χ4n) is 2.59. The number of amides is 2. The molecule has 1 aliphatic heterocycles. The number of hydrogen-bond donors (Lipinski definition) is 0. The summed E-state index contributed by atoms with van der Waals surface area (Å²) < 4.78 is 4.59. The number of aromatic nitrogens is 1. The number of methoxy groups -OCH3 is 1. The van der Waals surface area contributed by atoms with Crippen molar-refractivity contribution < 1.29 is 19.1 Å². The minimum atomic E-state index is -0.604. The number of thiazole rings is 1. The van der Waals surface area contributed by atoms with E-state index in [4.69, 9.17) is 0 Å². The van der Waals surface area contributed by atoms with Crippen LogP contribution >= 0.6 is 11.3 Å². The Morgan fingerprint density at radius 2 is 2.09 bits per heavy atom. The lowest BCUT2D eigenvalue weighted by molar-refractivity contribution is -0.150. The largest absolute Gasteiger partial charge is 0.468 e. The number of rotatable bonds is 4. The fourth-order valence-corrected chi connectivity index (χ4v) is 3.56. The number of aryl methyl sites for hydroxylation is 2. The molecule has 1 aromatic heterocycles. The quantitative estimate of drug-likeness (QED) is 0.760. The Morgan fingerprint density at radius 3 is 2.70 bits per heavy atom. The highest BCUT2D eigenvalue weighted by Gasteiger charge is 2.36. The summed E-state index contributed by atoms with van der Waals surface area (Å²) in [5.74, 6) is -0.864. The van der Waals surface area contributed by atoms with Crippen LogP contribution < -0.4 is 0 Å². The van der Waals surface area contributed by atoms with Crippen molar-refractivity contribution in [2.45, 2.75) is 33.2 Å². The maximum Gasteiger partial charge on any atom is 0.325 e. The van der Waals surface area contributed by atoms with E-state index in [-0.39, 0.29) is 18.4 Å². The number of ether oxygens (including phenoxy) is 1. The first kappa shape index (κ1) is 17.4. The second-order valence-electron chi connectivity index (χ2n) is 5.37. The van der Waals surface area contributed by atoms with Crippen molar-refractivity contribution >= 4 is 29.1 Å². The van der Waals surface area contributed by atoms with Gasteiger partial charge >= 0.3 is 5.97 Å². The molecule has 0 N–H and O–H groups in total. The van der Waals surface area contributed by atoms with Crippen LogP contribution in [0.25, 0.3) is 0 Å². The van der Waals surface area contributed by atoms with Crippen LogP contribution in [0.2, 0.25) is 0 Å². The van der Waals surface area contributed by atoms with Crippen molar-refractivity contribution in [1.29, 1.82) is 0 Å². The predicted molar refractivity (Wildman–Crippen MR) is 85.3 cm³/mol. The molecule has 0 unspecified atom stereocenters. The van der Waals surface area contributed by atoms with Crippen molar-refractivity contribution in [3.8, 4) is 0 Å². The third kappa shape index (κ3) is 3.52. The SMILES string of the molecule is CCc1nc(C)sc1C(=O)N1CCN(CC(=O)OC)C(=O)[C@H]1C.